The van der Waals surface area contributed by atoms with E-state index in [-0.39, 0.29) is 5.02 Å². The van der Waals surface area contributed by atoms with Crippen LogP contribution >= 0.6 is 11.6 Å². The molecular formula is C8H6ClF3O. The highest BCUT2D eigenvalue weighted by atomic mass is 35.5. The lowest BCUT2D eigenvalue weighted by Gasteiger charge is -2.07. The van der Waals surface area contributed by atoms with E-state index in [9.17, 15) is 13.2 Å². The van der Waals surface area contributed by atoms with Crippen molar-refractivity contribution in [3.63, 3.8) is 0 Å². The highest BCUT2D eigenvalue weighted by Gasteiger charge is 2.13. The van der Waals surface area contributed by atoms with E-state index >= 15 is 0 Å². The van der Waals surface area contributed by atoms with Gasteiger partial charge in [0, 0.05) is 0 Å². The third-order valence-corrected chi connectivity index (χ3v) is 1.92. The molecule has 0 amide bonds. The molecule has 0 aliphatic rings. The lowest BCUT2D eigenvalue weighted by molar-refractivity contribution is -0.0521. The molecule has 0 saturated heterocycles. The van der Waals surface area contributed by atoms with Crippen LogP contribution in [0.15, 0.2) is 12.1 Å². The summed E-state index contributed by atoms with van der Waals surface area (Å²) in [5.41, 5.74) is 0.473. The molecule has 0 aliphatic carbocycles. The van der Waals surface area contributed by atoms with E-state index in [1.54, 1.807) is 6.92 Å². The Bertz CT molecular complexity index is 315. The molecular weight excluding hydrogens is 205 g/mol. The molecule has 0 atom stereocenters. The fraction of sp³-hybridized carbons (Fsp3) is 0.250. The molecule has 0 spiro atoms. The van der Waals surface area contributed by atoms with E-state index in [4.69, 9.17) is 11.6 Å². The molecule has 1 aromatic rings. The van der Waals surface area contributed by atoms with Crippen molar-refractivity contribution in [2.45, 2.75) is 13.5 Å². The highest BCUT2D eigenvalue weighted by Crippen LogP contribution is 2.28. The van der Waals surface area contributed by atoms with E-state index in [0.717, 1.165) is 6.07 Å². The number of halogens is 4. The smallest absolute Gasteiger partial charge is 0.387 e. The molecule has 72 valence electrons. The molecule has 0 fully saturated rings. The standard InChI is InChI=1S/C8H6ClF3O/c1-4-2-3-5(13-8(11)12)7(10)6(4)9/h2-3,8H,1H3. The van der Waals surface area contributed by atoms with Crippen molar-refractivity contribution in [2.24, 2.45) is 0 Å². The Balaban J connectivity index is 3.04. The first kappa shape index (κ1) is 10.2. The van der Waals surface area contributed by atoms with Crippen molar-refractivity contribution in [1.29, 1.82) is 0 Å². The van der Waals surface area contributed by atoms with Crippen LogP contribution < -0.4 is 4.74 Å². The monoisotopic (exact) mass is 210 g/mol. The van der Waals surface area contributed by atoms with Crippen LogP contribution in [-0.4, -0.2) is 6.61 Å². The molecule has 0 heterocycles. The Hall–Kier alpha value is -0.900. The van der Waals surface area contributed by atoms with Crippen LogP contribution in [0.25, 0.3) is 0 Å². The molecule has 1 nitrogen and oxygen atoms in total. The second-order valence-corrected chi connectivity index (χ2v) is 2.77. The molecule has 1 aromatic carbocycles. The first-order valence-corrected chi connectivity index (χ1v) is 3.79. The minimum absolute atomic E-state index is 0.196. The Kier molecular flexibility index (Phi) is 3.03. The predicted molar refractivity (Wildman–Crippen MR) is 42.8 cm³/mol. The zero-order chi connectivity index (χ0) is 10.0. The minimum atomic E-state index is -3.05. The lowest BCUT2D eigenvalue weighted by Crippen LogP contribution is -2.04. The maximum Gasteiger partial charge on any atom is 0.387 e. The summed E-state index contributed by atoms with van der Waals surface area (Å²) in [6.45, 7) is -1.48. The van der Waals surface area contributed by atoms with Crippen molar-refractivity contribution in [3.05, 3.63) is 28.5 Å². The maximum atomic E-state index is 13.0. The third-order valence-electron chi connectivity index (χ3n) is 1.46. The van der Waals surface area contributed by atoms with Crippen molar-refractivity contribution in [3.8, 4) is 5.75 Å². The molecule has 1 rings (SSSR count). The number of hydrogen-bond acceptors (Lipinski definition) is 1. The van der Waals surface area contributed by atoms with E-state index in [1.165, 1.54) is 6.07 Å². The van der Waals surface area contributed by atoms with Gasteiger partial charge in [-0.3, -0.25) is 0 Å². The molecule has 0 bridgehead atoms. The summed E-state index contributed by atoms with van der Waals surface area (Å²) < 4.78 is 40.3. The second kappa shape index (κ2) is 3.87. The molecule has 0 aliphatic heterocycles. The quantitative estimate of drug-likeness (QED) is 0.727. The van der Waals surface area contributed by atoms with Crippen LogP contribution in [0.3, 0.4) is 0 Å². The largest absolute Gasteiger partial charge is 0.432 e. The van der Waals surface area contributed by atoms with Crippen molar-refractivity contribution in [1.82, 2.24) is 0 Å². The van der Waals surface area contributed by atoms with E-state index in [2.05, 4.69) is 4.74 Å². The van der Waals surface area contributed by atoms with Crippen LogP contribution in [0.2, 0.25) is 5.02 Å². The normalized spacial score (nSPS) is 10.6. The van der Waals surface area contributed by atoms with Gasteiger partial charge in [0.2, 0.25) is 0 Å². The molecule has 5 heteroatoms. The summed E-state index contributed by atoms with van der Waals surface area (Å²) >= 11 is 5.47. The summed E-state index contributed by atoms with van der Waals surface area (Å²) in [6.07, 6.45) is 0. The third kappa shape index (κ3) is 2.28. The van der Waals surface area contributed by atoms with Crippen molar-refractivity contribution >= 4 is 11.6 Å². The van der Waals surface area contributed by atoms with Gasteiger partial charge in [0.15, 0.2) is 11.6 Å². The number of ether oxygens (including phenoxy) is 1. The van der Waals surface area contributed by atoms with Gasteiger partial charge in [-0.05, 0) is 18.6 Å². The van der Waals surface area contributed by atoms with Crippen LogP contribution in [0.4, 0.5) is 13.2 Å². The van der Waals surface area contributed by atoms with E-state index < -0.39 is 18.2 Å². The van der Waals surface area contributed by atoms with Crippen LogP contribution in [-0.2, 0) is 0 Å². The van der Waals surface area contributed by atoms with Gasteiger partial charge >= 0.3 is 6.61 Å². The van der Waals surface area contributed by atoms with Gasteiger partial charge in [0.05, 0.1) is 5.02 Å². The molecule has 0 N–H and O–H groups in total. The van der Waals surface area contributed by atoms with E-state index in [0.29, 0.717) is 5.56 Å². The zero-order valence-corrected chi connectivity index (χ0v) is 7.41. The maximum absolute atomic E-state index is 13.0. The van der Waals surface area contributed by atoms with Gasteiger partial charge in [-0.15, -0.1) is 0 Å². The fourth-order valence-corrected chi connectivity index (χ4v) is 0.971. The van der Waals surface area contributed by atoms with Gasteiger partial charge in [0.25, 0.3) is 0 Å². The minimum Gasteiger partial charge on any atom is -0.432 e. The summed E-state index contributed by atoms with van der Waals surface area (Å²) in [5.74, 6) is -1.49. The van der Waals surface area contributed by atoms with Crippen LogP contribution in [0.1, 0.15) is 5.56 Å². The highest BCUT2D eigenvalue weighted by molar-refractivity contribution is 6.31. The summed E-state index contributed by atoms with van der Waals surface area (Å²) in [4.78, 5) is 0. The van der Waals surface area contributed by atoms with Gasteiger partial charge in [0.1, 0.15) is 0 Å². The SMILES string of the molecule is Cc1ccc(OC(F)F)c(F)c1Cl. The average Bonchev–Trinajstić information content (AvgIpc) is 2.06. The summed E-state index contributed by atoms with van der Waals surface area (Å²) in [5, 5.41) is -0.196. The summed E-state index contributed by atoms with van der Waals surface area (Å²) in [7, 11) is 0. The second-order valence-electron chi connectivity index (χ2n) is 2.39. The average molecular weight is 211 g/mol. The number of rotatable bonds is 2. The Morgan fingerprint density at radius 1 is 1.38 bits per heavy atom. The lowest BCUT2D eigenvalue weighted by atomic mass is 10.2. The van der Waals surface area contributed by atoms with E-state index in [1.807, 2.05) is 0 Å². The van der Waals surface area contributed by atoms with Gasteiger partial charge < -0.3 is 4.74 Å². The van der Waals surface area contributed by atoms with Crippen LogP contribution in [0.5, 0.6) is 5.75 Å². The Morgan fingerprint density at radius 3 is 2.54 bits per heavy atom. The molecule has 0 radical (unpaired) electrons. The van der Waals surface area contributed by atoms with Gasteiger partial charge in [-0.25, -0.2) is 4.39 Å². The van der Waals surface area contributed by atoms with Crippen molar-refractivity contribution < 1.29 is 17.9 Å². The van der Waals surface area contributed by atoms with Crippen LogP contribution in [0, 0.1) is 12.7 Å². The van der Waals surface area contributed by atoms with Gasteiger partial charge in [-0.1, -0.05) is 17.7 Å². The van der Waals surface area contributed by atoms with Crippen molar-refractivity contribution in [2.75, 3.05) is 0 Å². The first-order valence-electron chi connectivity index (χ1n) is 3.41. The number of benzene rings is 1. The predicted octanol–water partition coefficient (Wildman–Crippen LogP) is 3.39. The fourth-order valence-electron chi connectivity index (χ4n) is 0.815. The van der Waals surface area contributed by atoms with Gasteiger partial charge in [-0.2, -0.15) is 8.78 Å². The Labute approximate surface area is 78.1 Å². The molecule has 13 heavy (non-hydrogen) atoms. The summed E-state index contributed by atoms with van der Waals surface area (Å²) in [6, 6.07) is 2.52. The molecule has 0 aromatic heterocycles. The zero-order valence-electron chi connectivity index (χ0n) is 6.65. The number of aryl methyl sites for hydroxylation is 1. The topological polar surface area (TPSA) is 9.23 Å². The first-order chi connectivity index (χ1) is 6.02. The molecule has 0 saturated carbocycles. The number of hydrogen-bond donors (Lipinski definition) is 0. The Morgan fingerprint density at radius 2 is 2.00 bits per heavy atom. The molecule has 0 unspecified atom stereocenters. The number of alkyl halides is 2.